The predicted octanol–water partition coefficient (Wildman–Crippen LogP) is 5.21. The van der Waals surface area contributed by atoms with Crippen molar-refractivity contribution in [2.75, 3.05) is 6.61 Å². The third kappa shape index (κ3) is 6.68. The van der Waals surface area contributed by atoms with Crippen LogP contribution in [-0.4, -0.2) is 24.7 Å². The predicted molar refractivity (Wildman–Crippen MR) is 125 cm³/mol. The zero-order chi connectivity index (χ0) is 22.9. The van der Waals surface area contributed by atoms with Gasteiger partial charge in [-0.25, -0.2) is 10.2 Å². The van der Waals surface area contributed by atoms with Crippen molar-refractivity contribution in [3.63, 3.8) is 0 Å². The summed E-state index contributed by atoms with van der Waals surface area (Å²) in [5.41, 5.74) is 4.62. The van der Waals surface area contributed by atoms with Crippen LogP contribution in [0.15, 0.2) is 77.9 Å². The molecule has 0 saturated carbocycles. The van der Waals surface area contributed by atoms with Crippen LogP contribution in [-0.2, 0) is 4.79 Å². The molecular weight excluding hydrogens is 428 g/mol. The number of hydrazone groups is 1. The van der Waals surface area contributed by atoms with E-state index in [1.165, 1.54) is 11.8 Å². The van der Waals surface area contributed by atoms with Gasteiger partial charge in [-0.15, -0.1) is 0 Å². The number of carbonyl (C=O) groups is 2. The molecule has 6 nitrogen and oxygen atoms in total. The zero-order valence-electron chi connectivity index (χ0n) is 17.7. The number of esters is 1. The summed E-state index contributed by atoms with van der Waals surface area (Å²) in [7, 11) is 0. The summed E-state index contributed by atoms with van der Waals surface area (Å²) in [5, 5.41) is 4.24. The van der Waals surface area contributed by atoms with Gasteiger partial charge in [-0.3, -0.25) is 4.79 Å². The van der Waals surface area contributed by atoms with E-state index in [1.807, 2.05) is 24.3 Å². The number of carbonyl (C=O) groups excluding carboxylic acids is 2. The first-order valence-corrected chi connectivity index (χ1v) is 10.4. The maximum absolute atomic E-state index is 12.2. The Kier molecular flexibility index (Phi) is 8.00. The zero-order valence-corrected chi connectivity index (χ0v) is 18.5. The minimum Gasteiger partial charge on any atom is -0.484 e. The van der Waals surface area contributed by atoms with Crippen molar-refractivity contribution in [3.05, 3.63) is 94.5 Å². The summed E-state index contributed by atoms with van der Waals surface area (Å²) in [6.07, 6.45) is 1.48. The van der Waals surface area contributed by atoms with Gasteiger partial charge in [0.25, 0.3) is 5.91 Å². The number of amides is 1. The Morgan fingerprint density at radius 1 is 0.969 bits per heavy atom. The van der Waals surface area contributed by atoms with Crippen molar-refractivity contribution >= 4 is 29.7 Å². The summed E-state index contributed by atoms with van der Waals surface area (Å²) < 4.78 is 10.8. The number of ether oxygens (including phenoxy) is 2. The molecule has 3 aromatic rings. The van der Waals surface area contributed by atoms with E-state index < -0.39 is 5.97 Å². The van der Waals surface area contributed by atoms with Gasteiger partial charge in [0.15, 0.2) is 6.61 Å². The molecule has 0 atom stereocenters. The van der Waals surface area contributed by atoms with Crippen LogP contribution in [0.1, 0.15) is 41.3 Å². The van der Waals surface area contributed by atoms with E-state index >= 15 is 0 Å². The topological polar surface area (TPSA) is 77.0 Å². The highest BCUT2D eigenvalue weighted by molar-refractivity contribution is 6.33. The summed E-state index contributed by atoms with van der Waals surface area (Å²) in [6.45, 7) is 4.08. The van der Waals surface area contributed by atoms with E-state index in [1.54, 1.807) is 48.5 Å². The SMILES string of the molecule is CC(C)c1ccc(OCC(=O)NN=Cc2ccc(OC(=O)c3ccccc3Cl)cc2)cc1. The Balaban J connectivity index is 1.45. The Hall–Kier alpha value is -3.64. The van der Waals surface area contributed by atoms with Crippen molar-refractivity contribution in [2.24, 2.45) is 5.10 Å². The van der Waals surface area contributed by atoms with Gasteiger partial charge in [0.05, 0.1) is 16.8 Å². The number of nitrogens with one attached hydrogen (secondary N) is 1. The minimum absolute atomic E-state index is 0.144. The van der Waals surface area contributed by atoms with Gasteiger partial charge in [0.2, 0.25) is 0 Å². The fourth-order valence-corrected chi connectivity index (χ4v) is 2.93. The van der Waals surface area contributed by atoms with Crippen LogP contribution < -0.4 is 14.9 Å². The van der Waals surface area contributed by atoms with Crippen molar-refractivity contribution in [1.82, 2.24) is 5.43 Å². The van der Waals surface area contributed by atoms with Crippen LogP contribution >= 0.6 is 11.6 Å². The van der Waals surface area contributed by atoms with Crippen LogP contribution in [0.5, 0.6) is 11.5 Å². The average Bonchev–Trinajstić information content (AvgIpc) is 2.79. The molecular formula is C25H23ClN2O4. The van der Waals surface area contributed by atoms with Gasteiger partial charge in [0, 0.05) is 0 Å². The summed E-state index contributed by atoms with van der Waals surface area (Å²) in [5.74, 6) is 0.510. The molecule has 1 N–H and O–H groups in total. The van der Waals surface area contributed by atoms with Crippen LogP contribution in [0.25, 0.3) is 0 Å². The first-order valence-electron chi connectivity index (χ1n) is 10.0. The van der Waals surface area contributed by atoms with E-state index in [2.05, 4.69) is 24.4 Å². The lowest BCUT2D eigenvalue weighted by molar-refractivity contribution is -0.123. The summed E-state index contributed by atoms with van der Waals surface area (Å²) >= 11 is 6.01. The van der Waals surface area contributed by atoms with Crippen LogP contribution in [0.2, 0.25) is 5.02 Å². The third-order valence-electron chi connectivity index (χ3n) is 4.50. The maximum Gasteiger partial charge on any atom is 0.345 e. The van der Waals surface area contributed by atoms with Crippen LogP contribution in [0.4, 0.5) is 0 Å². The summed E-state index contributed by atoms with van der Waals surface area (Å²) in [6, 6.07) is 21.0. The molecule has 0 saturated heterocycles. The first-order chi connectivity index (χ1) is 15.4. The lowest BCUT2D eigenvalue weighted by Gasteiger charge is -2.08. The second-order valence-corrected chi connectivity index (χ2v) is 7.65. The van der Waals surface area contributed by atoms with Crippen molar-refractivity contribution < 1.29 is 19.1 Å². The molecule has 3 rings (SSSR count). The number of rotatable bonds is 8. The molecule has 0 unspecified atom stereocenters. The molecule has 0 heterocycles. The lowest BCUT2D eigenvalue weighted by atomic mass is 10.0. The number of halogens is 1. The molecule has 0 spiro atoms. The Morgan fingerprint density at radius 3 is 2.28 bits per heavy atom. The fraction of sp³-hybridized carbons (Fsp3) is 0.160. The van der Waals surface area contributed by atoms with Crippen molar-refractivity contribution in [2.45, 2.75) is 19.8 Å². The first kappa shape index (κ1) is 23.0. The van der Waals surface area contributed by atoms with Gasteiger partial charge in [0.1, 0.15) is 11.5 Å². The normalized spacial score (nSPS) is 10.9. The number of hydrogen-bond acceptors (Lipinski definition) is 5. The molecule has 0 radical (unpaired) electrons. The second-order valence-electron chi connectivity index (χ2n) is 7.24. The molecule has 0 aliphatic carbocycles. The van der Waals surface area contributed by atoms with E-state index in [4.69, 9.17) is 21.1 Å². The Labute approximate surface area is 191 Å². The highest BCUT2D eigenvalue weighted by Crippen LogP contribution is 2.19. The smallest absolute Gasteiger partial charge is 0.345 e. The van der Waals surface area contributed by atoms with Crippen molar-refractivity contribution in [3.8, 4) is 11.5 Å². The maximum atomic E-state index is 12.2. The number of benzene rings is 3. The fourth-order valence-electron chi connectivity index (χ4n) is 2.72. The van der Waals surface area contributed by atoms with E-state index in [0.717, 1.165) is 0 Å². The molecule has 0 bridgehead atoms. The largest absolute Gasteiger partial charge is 0.484 e. The van der Waals surface area contributed by atoms with Gasteiger partial charge >= 0.3 is 5.97 Å². The van der Waals surface area contributed by atoms with Crippen LogP contribution in [0.3, 0.4) is 0 Å². The van der Waals surface area contributed by atoms with Gasteiger partial charge in [-0.05, 0) is 65.6 Å². The highest BCUT2D eigenvalue weighted by Gasteiger charge is 2.12. The molecule has 0 aromatic heterocycles. The third-order valence-corrected chi connectivity index (χ3v) is 4.83. The monoisotopic (exact) mass is 450 g/mol. The standard InChI is InChI=1S/C25H23ClN2O4/c1-17(2)19-9-13-20(14-10-19)31-16-24(29)28-27-15-18-7-11-21(12-8-18)32-25(30)22-5-3-4-6-23(22)26/h3-15,17H,16H2,1-2H3,(H,28,29). The quantitative estimate of drug-likeness (QED) is 0.221. The number of hydrogen-bond donors (Lipinski definition) is 1. The van der Waals surface area contributed by atoms with Gasteiger partial charge < -0.3 is 9.47 Å². The van der Waals surface area contributed by atoms with E-state index in [0.29, 0.717) is 33.6 Å². The van der Waals surface area contributed by atoms with Gasteiger partial charge in [-0.2, -0.15) is 5.10 Å². The Bertz CT molecular complexity index is 1090. The second kappa shape index (κ2) is 11.1. The van der Waals surface area contributed by atoms with Crippen LogP contribution in [0, 0.1) is 0 Å². The summed E-state index contributed by atoms with van der Waals surface area (Å²) in [4.78, 5) is 24.1. The minimum atomic E-state index is -0.539. The molecule has 3 aromatic carbocycles. The van der Waals surface area contributed by atoms with E-state index in [9.17, 15) is 9.59 Å². The number of nitrogens with zero attached hydrogens (tertiary/aromatic N) is 1. The average molecular weight is 451 g/mol. The molecule has 164 valence electrons. The molecule has 0 fully saturated rings. The molecule has 1 amide bonds. The van der Waals surface area contributed by atoms with Crippen molar-refractivity contribution in [1.29, 1.82) is 0 Å². The lowest BCUT2D eigenvalue weighted by Crippen LogP contribution is -2.24. The molecule has 32 heavy (non-hydrogen) atoms. The van der Waals surface area contributed by atoms with E-state index in [-0.39, 0.29) is 12.5 Å². The highest BCUT2D eigenvalue weighted by atomic mass is 35.5. The Morgan fingerprint density at radius 2 is 1.62 bits per heavy atom. The van der Waals surface area contributed by atoms with Gasteiger partial charge in [-0.1, -0.05) is 49.7 Å². The molecule has 0 aliphatic rings. The molecule has 0 aliphatic heterocycles. The molecule has 7 heteroatoms.